The zero-order valence-electron chi connectivity index (χ0n) is 9.74. The Kier molecular flexibility index (Phi) is 3.52. The minimum atomic E-state index is -0.623. The minimum Gasteiger partial charge on any atom is -0.345 e. The second kappa shape index (κ2) is 4.94. The van der Waals surface area contributed by atoms with Crippen LogP contribution in [0.1, 0.15) is 12.5 Å². The fourth-order valence-corrected chi connectivity index (χ4v) is 2.07. The van der Waals surface area contributed by atoms with Crippen LogP contribution in [0.15, 0.2) is 18.2 Å². The average Bonchev–Trinajstić information content (AvgIpc) is 2.33. The number of nitrogens with zero attached hydrogens (tertiary/aromatic N) is 1. The maximum Gasteiger partial charge on any atom is 0.242 e. The van der Waals surface area contributed by atoms with Gasteiger partial charge in [-0.1, -0.05) is 17.7 Å². The summed E-state index contributed by atoms with van der Waals surface area (Å²) in [5, 5.41) is 2.72. The third-order valence-corrected chi connectivity index (χ3v) is 3.33. The number of hydrogen-bond donors (Lipinski definition) is 1. The lowest BCUT2D eigenvalue weighted by Gasteiger charge is -2.33. The molecule has 1 aliphatic heterocycles. The first-order valence-corrected chi connectivity index (χ1v) is 5.88. The topological polar surface area (TPSA) is 49.4 Å². The van der Waals surface area contributed by atoms with Gasteiger partial charge in [0.1, 0.15) is 11.9 Å². The van der Waals surface area contributed by atoms with E-state index in [0.717, 1.165) is 0 Å². The molecule has 96 valence electrons. The van der Waals surface area contributed by atoms with Crippen molar-refractivity contribution in [2.45, 2.75) is 19.5 Å². The molecule has 1 fully saturated rings. The number of nitrogens with one attached hydrogen (secondary N) is 1. The predicted octanol–water partition coefficient (Wildman–Crippen LogP) is 1.33. The molecule has 0 radical (unpaired) electrons. The maximum atomic E-state index is 13.6. The monoisotopic (exact) mass is 270 g/mol. The Hall–Kier alpha value is -1.62. The van der Waals surface area contributed by atoms with Crippen LogP contribution in [0, 0.1) is 5.82 Å². The second-order valence-electron chi connectivity index (χ2n) is 4.12. The van der Waals surface area contributed by atoms with Crippen LogP contribution in [0.3, 0.4) is 0 Å². The molecule has 6 heteroatoms. The summed E-state index contributed by atoms with van der Waals surface area (Å²) in [6.07, 6.45) is 0. The smallest absolute Gasteiger partial charge is 0.242 e. The van der Waals surface area contributed by atoms with Crippen molar-refractivity contribution in [2.24, 2.45) is 0 Å². The summed E-state index contributed by atoms with van der Waals surface area (Å²) < 4.78 is 13.6. The lowest BCUT2D eigenvalue weighted by atomic mass is 10.1. The Balaban J connectivity index is 2.27. The number of carbonyl (C=O) groups excluding carboxylic acids is 2. The number of hydrogen-bond acceptors (Lipinski definition) is 2. The molecule has 18 heavy (non-hydrogen) atoms. The lowest BCUT2D eigenvalue weighted by Crippen LogP contribution is -2.56. The Labute approximate surface area is 109 Å². The van der Waals surface area contributed by atoms with E-state index in [2.05, 4.69) is 5.32 Å². The summed E-state index contributed by atoms with van der Waals surface area (Å²) in [6.45, 7) is 1.54. The molecule has 1 N–H and O–H groups in total. The van der Waals surface area contributed by atoms with E-state index < -0.39 is 11.9 Å². The van der Waals surface area contributed by atoms with Crippen molar-refractivity contribution in [2.75, 3.05) is 6.54 Å². The minimum absolute atomic E-state index is 0.00106. The van der Waals surface area contributed by atoms with Gasteiger partial charge in [0.15, 0.2) is 0 Å². The largest absolute Gasteiger partial charge is 0.345 e. The molecular formula is C12H12ClFN2O2. The Bertz CT molecular complexity index is 487. The molecule has 0 spiro atoms. The molecule has 1 unspecified atom stereocenters. The van der Waals surface area contributed by atoms with Gasteiger partial charge in [-0.15, -0.1) is 0 Å². The van der Waals surface area contributed by atoms with Gasteiger partial charge in [0, 0.05) is 10.6 Å². The highest BCUT2D eigenvalue weighted by molar-refractivity contribution is 6.31. The molecule has 0 bridgehead atoms. The fraction of sp³-hybridized carbons (Fsp3) is 0.333. The zero-order chi connectivity index (χ0) is 13.3. The number of carbonyl (C=O) groups is 2. The summed E-state index contributed by atoms with van der Waals surface area (Å²) in [5.74, 6) is -0.975. The molecule has 0 saturated carbocycles. The summed E-state index contributed by atoms with van der Waals surface area (Å²) in [4.78, 5) is 24.5. The summed E-state index contributed by atoms with van der Waals surface area (Å²) >= 11 is 5.90. The van der Waals surface area contributed by atoms with Gasteiger partial charge in [0.25, 0.3) is 0 Å². The van der Waals surface area contributed by atoms with Crippen LogP contribution in [0.5, 0.6) is 0 Å². The van der Waals surface area contributed by atoms with Gasteiger partial charge in [-0.25, -0.2) is 4.39 Å². The van der Waals surface area contributed by atoms with Crippen LogP contribution in [0.25, 0.3) is 0 Å². The van der Waals surface area contributed by atoms with Crippen LogP contribution in [-0.2, 0) is 16.1 Å². The quantitative estimate of drug-likeness (QED) is 0.881. The van der Waals surface area contributed by atoms with Gasteiger partial charge in [0.05, 0.1) is 13.1 Å². The first kappa shape index (κ1) is 12.8. The van der Waals surface area contributed by atoms with E-state index in [1.807, 2.05) is 0 Å². The van der Waals surface area contributed by atoms with Crippen LogP contribution in [0.2, 0.25) is 5.02 Å². The molecule has 0 aliphatic carbocycles. The van der Waals surface area contributed by atoms with E-state index in [-0.39, 0.29) is 35.5 Å². The van der Waals surface area contributed by atoms with E-state index >= 15 is 0 Å². The van der Waals surface area contributed by atoms with Crippen LogP contribution < -0.4 is 5.32 Å². The summed E-state index contributed by atoms with van der Waals surface area (Å²) in [5.41, 5.74) is 0.231. The molecular weight excluding hydrogens is 259 g/mol. The number of halogens is 2. The van der Waals surface area contributed by atoms with Crippen LogP contribution in [0.4, 0.5) is 4.39 Å². The third kappa shape index (κ3) is 2.31. The molecule has 4 nitrogen and oxygen atoms in total. The molecule has 1 atom stereocenters. The molecule has 1 heterocycles. The van der Waals surface area contributed by atoms with Gasteiger partial charge in [-0.05, 0) is 19.1 Å². The lowest BCUT2D eigenvalue weighted by molar-refractivity contribution is -0.145. The van der Waals surface area contributed by atoms with Crippen molar-refractivity contribution in [3.63, 3.8) is 0 Å². The standard InChI is InChI=1S/C12H12ClFN2O2/c1-7-12(18)15-5-11(17)16(7)6-8-9(13)3-2-4-10(8)14/h2-4,7H,5-6H2,1H3,(H,15,18). The van der Waals surface area contributed by atoms with Gasteiger partial charge < -0.3 is 10.2 Å². The summed E-state index contributed by atoms with van der Waals surface area (Å²) in [7, 11) is 0. The second-order valence-corrected chi connectivity index (χ2v) is 4.52. The highest BCUT2D eigenvalue weighted by atomic mass is 35.5. The van der Waals surface area contributed by atoms with Crippen molar-refractivity contribution >= 4 is 23.4 Å². The first-order valence-electron chi connectivity index (χ1n) is 5.50. The Morgan fingerprint density at radius 1 is 1.50 bits per heavy atom. The highest BCUT2D eigenvalue weighted by Gasteiger charge is 2.31. The number of amides is 2. The zero-order valence-corrected chi connectivity index (χ0v) is 10.5. The predicted molar refractivity (Wildman–Crippen MR) is 64.4 cm³/mol. The van der Waals surface area contributed by atoms with Gasteiger partial charge in [-0.3, -0.25) is 9.59 Å². The molecule has 2 amide bonds. The number of rotatable bonds is 2. The molecule has 1 aliphatic rings. The highest BCUT2D eigenvalue weighted by Crippen LogP contribution is 2.22. The Morgan fingerprint density at radius 2 is 2.22 bits per heavy atom. The molecule has 1 aromatic carbocycles. The van der Waals surface area contributed by atoms with E-state index in [4.69, 9.17) is 11.6 Å². The van der Waals surface area contributed by atoms with E-state index in [9.17, 15) is 14.0 Å². The van der Waals surface area contributed by atoms with Crippen LogP contribution in [-0.4, -0.2) is 29.3 Å². The van der Waals surface area contributed by atoms with Crippen molar-refractivity contribution in [3.05, 3.63) is 34.6 Å². The normalized spacial score (nSPS) is 19.9. The fourth-order valence-electron chi connectivity index (χ4n) is 1.85. The maximum absolute atomic E-state index is 13.6. The molecule has 2 rings (SSSR count). The van der Waals surface area contributed by atoms with Crippen molar-refractivity contribution < 1.29 is 14.0 Å². The number of benzene rings is 1. The average molecular weight is 271 g/mol. The third-order valence-electron chi connectivity index (χ3n) is 2.97. The van der Waals surface area contributed by atoms with Crippen LogP contribution >= 0.6 is 11.6 Å². The van der Waals surface area contributed by atoms with E-state index in [1.54, 1.807) is 13.0 Å². The van der Waals surface area contributed by atoms with E-state index in [0.29, 0.717) is 0 Å². The van der Waals surface area contributed by atoms with Gasteiger partial charge >= 0.3 is 0 Å². The summed E-state index contributed by atoms with van der Waals surface area (Å²) in [6, 6.07) is 3.70. The molecule has 0 aromatic heterocycles. The van der Waals surface area contributed by atoms with Crippen molar-refractivity contribution in [3.8, 4) is 0 Å². The molecule has 1 saturated heterocycles. The van der Waals surface area contributed by atoms with E-state index in [1.165, 1.54) is 17.0 Å². The van der Waals surface area contributed by atoms with Gasteiger partial charge in [-0.2, -0.15) is 0 Å². The molecule has 1 aromatic rings. The Morgan fingerprint density at radius 3 is 2.89 bits per heavy atom. The SMILES string of the molecule is CC1C(=O)NCC(=O)N1Cc1c(F)cccc1Cl. The van der Waals surface area contributed by atoms with Crippen molar-refractivity contribution in [1.82, 2.24) is 10.2 Å². The number of piperazine rings is 1. The first-order chi connectivity index (χ1) is 8.50. The van der Waals surface area contributed by atoms with Crippen molar-refractivity contribution in [1.29, 1.82) is 0 Å². The van der Waals surface area contributed by atoms with Gasteiger partial charge in [0.2, 0.25) is 11.8 Å².